The molecule has 3 N–H and O–H groups in total. The molecule has 0 bridgehead atoms. The van der Waals surface area contributed by atoms with Crippen molar-refractivity contribution in [1.82, 2.24) is 0 Å². The van der Waals surface area contributed by atoms with Crippen LogP contribution in [-0.4, -0.2) is 46.5 Å². The molecule has 1 aliphatic rings. The van der Waals surface area contributed by atoms with Gasteiger partial charge in [0.1, 0.15) is 29.6 Å². The molecule has 0 spiro atoms. The van der Waals surface area contributed by atoms with E-state index in [1.54, 1.807) is 19.1 Å². The van der Waals surface area contributed by atoms with Crippen LogP contribution in [0.15, 0.2) is 33.5 Å². The average molecular weight is 308 g/mol. The second-order valence-electron chi connectivity index (χ2n) is 5.23. The minimum atomic E-state index is -1.28. The van der Waals surface area contributed by atoms with E-state index in [1.807, 2.05) is 0 Å². The molecule has 7 heteroatoms. The number of aliphatic hydroxyl groups excluding tert-OH is 3. The molecular formula is C15H16O7. The van der Waals surface area contributed by atoms with E-state index in [1.165, 1.54) is 12.1 Å². The third-order valence-electron chi connectivity index (χ3n) is 3.67. The Balaban J connectivity index is 1.87. The first-order chi connectivity index (χ1) is 10.5. The lowest BCUT2D eigenvalue weighted by molar-refractivity contribution is -0.116. The standard InChI is InChI=1S/C15H16O7/c1-7-4-12(17)21-10-5-8(2-3-9(7)10)20-15-14(19)13(18)11(6-16)22-15/h2-5,11,13-16,18-19H,6H2,1H3/t11-,13-,14-,15+/m1/s1. The number of rotatable bonds is 3. The third-order valence-corrected chi connectivity index (χ3v) is 3.67. The normalized spacial score (nSPS) is 28.2. The molecule has 0 amide bonds. The number of aryl methyl sites for hydroxylation is 1. The smallest absolute Gasteiger partial charge is 0.336 e. The highest BCUT2D eigenvalue weighted by Gasteiger charge is 2.43. The van der Waals surface area contributed by atoms with Gasteiger partial charge in [-0.1, -0.05) is 0 Å². The maximum absolute atomic E-state index is 11.4. The minimum absolute atomic E-state index is 0.316. The van der Waals surface area contributed by atoms with Crippen molar-refractivity contribution in [1.29, 1.82) is 0 Å². The van der Waals surface area contributed by atoms with Gasteiger partial charge in [0.2, 0.25) is 6.29 Å². The molecule has 2 heterocycles. The van der Waals surface area contributed by atoms with E-state index in [0.717, 1.165) is 10.9 Å². The highest BCUT2D eigenvalue weighted by molar-refractivity contribution is 5.81. The van der Waals surface area contributed by atoms with Gasteiger partial charge in [-0.05, 0) is 24.6 Å². The number of ether oxygens (including phenoxy) is 2. The van der Waals surface area contributed by atoms with E-state index in [0.29, 0.717) is 11.3 Å². The number of hydrogen-bond donors (Lipinski definition) is 3. The van der Waals surface area contributed by atoms with Crippen molar-refractivity contribution < 1.29 is 29.2 Å². The van der Waals surface area contributed by atoms with E-state index >= 15 is 0 Å². The van der Waals surface area contributed by atoms with Crippen LogP contribution in [0.3, 0.4) is 0 Å². The Hall–Kier alpha value is -1.93. The van der Waals surface area contributed by atoms with Crippen molar-refractivity contribution in [2.45, 2.75) is 31.5 Å². The highest BCUT2D eigenvalue weighted by atomic mass is 16.7. The Morgan fingerprint density at radius 1 is 1.23 bits per heavy atom. The Morgan fingerprint density at radius 2 is 2.00 bits per heavy atom. The molecule has 1 aliphatic heterocycles. The van der Waals surface area contributed by atoms with Gasteiger partial charge in [-0.3, -0.25) is 0 Å². The monoisotopic (exact) mass is 308 g/mol. The first-order valence-electron chi connectivity index (χ1n) is 6.83. The zero-order valence-electron chi connectivity index (χ0n) is 11.8. The summed E-state index contributed by atoms with van der Waals surface area (Å²) in [6.45, 7) is 1.37. The van der Waals surface area contributed by atoms with Crippen molar-refractivity contribution >= 4 is 11.0 Å². The fourth-order valence-electron chi connectivity index (χ4n) is 2.48. The van der Waals surface area contributed by atoms with Crippen LogP contribution in [0.2, 0.25) is 0 Å². The van der Waals surface area contributed by atoms with Crippen LogP contribution in [0.1, 0.15) is 5.56 Å². The Morgan fingerprint density at radius 3 is 2.68 bits per heavy atom. The van der Waals surface area contributed by atoms with Crippen molar-refractivity contribution in [3.63, 3.8) is 0 Å². The van der Waals surface area contributed by atoms with Gasteiger partial charge in [0.15, 0.2) is 0 Å². The zero-order chi connectivity index (χ0) is 15.9. The van der Waals surface area contributed by atoms with Gasteiger partial charge < -0.3 is 29.2 Å². The third kappa shape index (κ3) is 2.59. The molecule has 7 nitrogen and oxygen atoms in total. The van der Waals surface area contributed by atoms with Gasteiger partial charge in [-0.15, -0.1) is 0 Å². The van der Waals surface area contributed by atoms with E-state index in [2.05, 4.69) is 0 Å². The van der Waals surface area contributed by atoms with Gasteiger partial charge >= 0.3 is 5.63 Å². The second-order valence-corrected chi connectivity index (χ2v) is 5.23. The van der Waals surface area contributed by atoms with E-state index in [9.17, 15) is 15.0 Å². The van der Waals surface area contributed by atoms with Crippen molar-refractivity contribution in [2.24, 2.45) is 0 Å². The number of aliphatic hydroxyl groups is 3. The van der Waals surface area contributed by atoms with Gasteiger partial charge in [-0.25, -0.2) is 4.79 Å². The maximum Gasteiger partial charge on any atom is 0.336 e. The first kappa shape index (κ1) is 15.0. The van der Waals surface area contributed by atoms with Crippen molar-refractivity contribution in [3.8, 4) is 5.75 Å². The molecule has 0 saturated carbocycles. The summed E-state index contributed by atoms with van der Waals surface area (Å²) in [5.74, 6) is 0.316. The topological polar surface area (TPSA) is 109 Å². The molecule has 3 rings (SSSR count). The summed E-state index contributed by atoms with van der Waals surface area (Å²) in [4.78, 5) is 11.4. The molecule has 0 unspecified atom stereocenters. The van der Waals surface area contributed by atoms with Gasteiger partial charge in [-0.2, -0.15) is 0 Å². The Labute approximate surface area is 125 Å². The van der Waals surface area contributed by atoms with E-state index in [4.69, 9.17) is 19.0 Å². The summed E-state index contributed by atoms with van der Waals surface area (Å²) < 4.78 is 15.8. The molecule has 1 saturated heterocycles. The van der Waals surface area contributed by atoms with Crippen LogP contribution in [0.5, 0.6) is 5.75 Å². The predicted molar refractivity (Wildman–Crippen MR) is 75.6 cm³/mol. The molecule has 2 aromatic rings. The lowest BCUT2D eigenvalue weighted by Gasteiger charge is -2.17. The highest BCUT2D eigenvalue weighted by Crippen LogP contribution is 2.27. The quantitative estimate of drug-likeness (QED) is 0.680. The molecule has 1 aromatic carbocycles. The maximum atomic E-state index is 11.4. The van der Waals surface area contributed by atoms with Crippen LogP contribution < -0.4 is 10.4 Å². The summed E-state index contributed by atoms with van der Waals surface area (Å²) in [5, 5.41) is 29.3. The van der Waals surface area contributed by atoms with Gasteiger partial charge in [0.25, 0.3) is 0 Å². The van der Waals surface area contributed by atoms with Crippen LogP contribution in [0, 0.1) is 6.92 Å². The molecule has 118 valence electrons. The van der Waals surface area contributed by atoms with Crippen LogP contribution in [0.25, 0.3) is 11.0 Å². The fraction of sp³-hybridized carbons (Fsp3) is 0.400. The predicted octanol–water partition coefficient (Wildman–Crippen LogP) is -0.0808. The number of fused-ring (bicyclic) bond motifs is 1. The van der Waals surface area contributed by atoms with Gasteiger partial charge in [0, 0.05) is 17.5 Å². The second kappa shape index (κ2) is 5.69. The van der Waals surface area contributed by atoms with Crippen LogP contribution in [0.4, 0.5) is 0 Å². The van der Waals surface area contributed by atoms with Crippen molar-refractivity contribution in [3.05, 3.63) is 40.2 Å². The van der Waals surface area contributed by atoms with Crippen LogP contribution in [-0.2, 0) is 4.74 Å². The summed E-state index contributed by atoms with van der Waals surface area (Å²) in [7, 11) is 0. The lowest BCUT2D eigenvalue weighted by Crippen LogP contribution is -2.35. The molecule has 22 heavy (non-hydrogen) atoms. The van der Waals surface area contributed by atoms with E-state index < -0.39 is 36.8 Å². The molecule has 1 aromatic heterocycles. The molecule has 1 fully saturated rings. The summed E-state index contributed by atoms with van der Waals surface area (Å²) in [6.07, 6.45) is -4.52. The molecular weight excluding hydrogens is 292 g/mol. The van der Waals surface area contributed by atoms with Crippen LogP contribution >= 0.6 is 0 Å². The minimum Gasteiger partial charge on any atom is -0.462 e. The van der Waals surface area contributed by atoms with E-state index in [-0.39, 0.29) is 0 Å². The molecule has 0 radical (unpaired) electrons. The average Bonchev–Trinajstić information content (AvgIpc) is 2.74. The largest absolute Gasteiger partial charge is 0.462 e. The van der Waals surface area contributed by atoms with Crippen molar-refractivity contribution in [2.75, 3.05) is 6.61 Å². The van der Waals surface area contributed by atoms with Gasteiger partial charge in [0.05, 0.1) is 6.61 Å². The molecule has 0 aliphatic carbocycles. The lowest BCUT2D eigenvalue weighted by atomic mass is 10.1. The first-order valence-corrected chi connectivity index (χ1v) is 6.83. The SMILES string of the molecule is Cc1cc(=O)oc2cc(O[C@H]3O[C@H](CO)[C@@H](O)[C@H]3O)ccc12. The zero-order valence-corrected chi connectivity index (χ0v) is 11.8. The summed E-state index contributed by atoms with van der Waals surface area (Å²) in [5.41, 5.74) is 0.676. The summed E-state index contributed by atoms with van der Waals surface area (Å²) in [6, 6.07) is 6.28. The Kier molecular flexibility index (Phi) is 3.88. The molecule has 4 atom stereocenters. The fourth-order valence-corrected chi connectivity index (χ4v) is 2.48. The number of hydrogen-bond acceptors (Lipinski definition) is 7. The number of benzene rings is 1. The summed E-state index contributed by atoms with van der Waals surface area (Å²) >= 11 is 0. The Bertz CT molecular complexity index is 738.